The lowest BCUT2D eigenvalue weighted by atomic mass is 10.4. The van der Waals surface area contributed by atoms with E-state index in [1.807, 2.05) is 11.5 Å². The van der Waals surface area contributed by atoms with Gasteiger partial charge in [-0.25, -0.2) is 0 Å². The molecule has 0 aliphatic heterocycles. The minimum atomic E-state index is -0.298. The first-order valence-corrected chi connectivity index (χ1v) is 4.99. The molecule has 1 rings (SSSR count). The quantitative estimate of drug-likeness (QED) is 0.705. The molecule has 1 atom stereocenters. The lowest BCUT2D eigenvalue weighted by molar-refractivity contribution is -0.120. The topological polar surface area (TPSA) is 59.8 Å². The molecule has 14 heavy (non-hydrogen) atoms. The first kappa shape index (κ1) is 11.0. The predicted octanol–water partition coefficient (Wildman–Crippen LogP) is 0.232. The zero-order valence-corrected chi connectivity index (χ0v) is 9.16. The van der Waals surface area contributed by atoms with Gasteiger partial charge in [0.15, 0.2) is 5.82 Å². The normalized spacial score (nSPS) is 12.5. The summed E-state index contributed by atoms with van der Waals surface area (Å²) in [5, 5.41) is 10.1. The maximum absolute atomic E-state index is 11.2. The number of hydrogen-bond acceptors (Lipinski definition) is 4. The van der Waals surface area contributed by atoms with Crippen LogP contribution in [0.2, 0.25) is 0 Å². The Bertz CT molecular complexity index is 310. The number of rotatable bonds is 4. The van der Waals surface area contributed by atoms with Crippen molar-refractivity contribution >= 4 is 18.5 Å². The van der Waals surface area contributed by atoms with E-state index in [-0.39, 0.29) is 11.2 Å². The molecule has 1 heterocycles. The summed E-state index contributed by atoms with van der Waals surface area (Å²) >= 11 is 4.02. The SMILES string of the molecule is CCn1cnnc1CNC(=O)C(C)S. The van der Waals surface area contributed by atoms with Crippen LogP contribution >= 0.6 is 12.6 Å². The Hall–Kier alpha value is -1.04. The largest absolute Gasteiger partial charge is 0.348 e. The highest BCUT2D eigenvalue weighted by atomic mass is 32.1. The van der Waals surface area contributed by atoms with Gasteiger partial charge in [-0.3, -0.25) is 4.79 Å². The summed E-state index contributed by atoms with van der Waals surface area (Å²) in [6.07, 6.45) is 1.64. The fraction of sp³-hybridized carbons (Fsp3) is 0.625. The standard InChI is InChI=1S/C8H14N4OS/c1-3-12-5-10-11-7(12)4-9-8(13)6(2)14/h5-6,14H,3-4H2,1-2H3,(H,9,13). The Balaban J connectivity index is 2.49. The molecule has 0 aliphatic rings. The smallest absolute Gasteiger partial charge is 0.232 e. The molecule has 1 aromatic rings. The molecular weight excluding hydrogens is 200 g/mol. The lowest BCUT2D eigenvalue weighted by Crippen LogP contribution is -2.30. The van der Waals surface area contributed by atoms with Gasteiger partial charge in [-0.05, 0) is 13.8 Å². The van der Waals surface area contributed by atoms with Crippen molar-refractivity contribution in [2.24, 2.45) is 0 Å². The number of amides is 1. The number of aryl methyl sites for hydroxylation is 1. The van der Waals surface area contributed by atoms with Gasteiger partial charge in [0.25, 0.3) is 0 Å². The van der Waals surface area contributed by atoms with Gasteiger partial charge in [0.2, 0.25) is 5.91 Å². The van der Waals surface area contributed by atoms with Gasteiger partial charge in [0, 0.05) is 6.54 Å². The Labute approximate surface area is 88.3 Å². The van der Waals surface area contributed by atoms with Crippen LogP contribution in [0.5, 0.6) is 0 Å². The van der Waals surface area contributed by atoms with E-state index in [9.17, 15) is 4.79 Å². The average Bonchev–Trinajstić information content (AvgIpc) is 2.60. The van der Waals surface area contributed by atoms with Crippen LogP contribution in [0.1, 0.15) is 19.7 Å². The molecule has 5 nitrogen and oxygen atoms in total. The number of nitrogens with one attached hydrogen (secondary N) is 1. The molecule has 0 saturated carbocycles. The Morgan fingerprint density at radius 2 is 2.50 bits per heavy atom. The number of aromatic nitrogens is 3. The van der Waals surface area contributed by atoms with Crippen LogP contribution in [-0.4, -0.2) is 25.9 Å². The van der Waals surface area contributed by atoms with E-state index in [0.717, 1.165) is 12.4 Å². The third kappa shape index (κ3) is 2.73. The zero-order valence-electron chi connectivity index (χ0n) is 8.27. The monoisotopic (exact) mass is 214 g/mol. The van der Waals surface area contributed by atoms with Crippen molar-refractivity contribution in [3.05, 3.63) is 12.2 Å². The van der Waals surface area contributed by atoms with Crippen LogP contribution < -0.4 is 5.32 Å². The van der Waals surface area contributed by atoms with Crippen molar-refractivity contribution in [2.75, 3.05) is 0 Å². The van der Waals surface area contributed by atoms with Crippen molar-refractivity contribution in [2.45, 2.75) is 32.2 Å². The van der Waals surface area contributed by atoms with Crippen LogP contribution in [0.15, 0.2) is 6.33 Å². The van der Waals surface area contributed by atoms with Crippen LogP contribution in [0.3, 0.4) is 0 Å². The predicted molar refractivity (Wildman–Crippen MR) is 56.0 cm³/mol. The van der Waals surface area contributed by atoms with Crippen LogP contribution in [0, 0.1) is 0 Å². The maximum Gasteiger partial charge on any atom is 0.232 e. The van der Waals surface area contributed by atoms with E-state index in [4.69, 9.17) is 0 Å². The van der Waals surface area contributed by atoms with E-state index >= 15 is 0 Å². The molecule has 6 heteroatoms. The summed E-state index contributed by atoms with van der Waals surface area (Å²) in [5.41, 5.74) is 0. The third-order valence-electron chi connectivity index (χ3n) is 1.84. The molecule has 0 radical (unpaired) electrons. The molecule has 0 aliphatic carbocycles. The highest BCUT2D eigenvalue weighted by Gasteiger charge is 2.09. The fourth-order valence-corrected chi connectivity index (χ4v) is 1.09. The molecule has 1 aromatic heterocycles. The van der Waals surface area contributed by atoms with Crippen molar-refractivity contribution in [3.8, 4) is 0 Å². The van der Waals surface area contributed by atoms with Crippen molar-refractivity contribution in [3.63, 3.8) is 0 Å². The zero-order chi connectivity index (χ0) is 10.6. The highest BCUT2D eigenvalue weighted by Crippen LogP contribution is 1.96. The fourth-order valence-electron chi connectivity index (χ4n) is 0.994. The van der Waals surface area contributed by atoms with Gasteiger partial charge >= 0.3 is 0 Å². The number of nitrogens with zero attached hydrogens (tertiary/aromatic N) is 3. The van der Waals surface area contributed by atoms with Gasteiger partial charge in [-0.2, -0.15) is 12.6 Å². The molecule has 1 N–H and O–H groups in total. The molecule has 0 bridgehead atoms. The van der Waals surface area contributed by atoms with Gasteiger partial charge in [-0.1, -0.05) is 0 Å². The second-order valence-corrected chi connectivity index (χ2v) is 3.70. The van der Waals surface area contributed by atoms with Gasteiger partial charge in [0.05, 0.1) is 11.8 Å². The van der Waals surface area contributed by atoms with Crippen LogP contribution in [0.25, 0.3) is 0 Å². The Morgan fingerprint density at radius 3 is 3.07 bits per heavy atom. The number of carbonyl (C=O) groups excluding carboxylic acids is 1. The second kappa shape index (κ2) is 4.99. The summed E-state index contributed by atoms with van der Waals surface area (Å²) in [4.78, 5) is 11.2. The minimum absolute atomic E-state index is 0.0982. The second-order valence-electron chi connectivity index (χ2n) is 2.93. The summed E-state index contributed by atoms with van der Waals surface area (Å²) in [7, 11) is 0. The molecule has 0 aromatic carbocycles. The highest BCUT2D eigenvalue weighted by molar-refractivity contribution is 7.81. The summed E-state index contributed by atoms with van der Waals surface area (Å²) in [6, 6.07) is 0. The van der Waals surface area contributed by atoms with Gasteiger partial charge < -0.3 is 9.88 Å². The van der Waals surface area contributed by atoms with Crippen LogP contribution in [0.4, 0.5) is 0 Å². The van der Waals surface area contributed by atoms with Crippen molar-refractivity contribution < 1.29 is 4.79 Å². The van der Waals surface area contributed by atoms with E-state index < -0.39 is 0 Å². The van der Waals surface area contributed by atoms with Gasteiger partial charge in [-0.15, -0.1) is 10.2 Å². The Kier molecular flexibility index (Phi) is 3.94. The molecule has 1 amide bonds. The van der Waals surface area contributed by atoms with Gasteiger partial charge in [0.1, 0.15) is 6.33 Å². The van der Waals surface area contributed by atoms with Crippen molar-refractivity contribution in [1.82, 2.24) is 20.1 Å². The van der Waals surface area contributed by atoms with Crippen LogP contribution in [-0.2, 0) is 17.9 Å². The van der Waals surface area contributed by atoms with E-state index in [2.05, 4.69) is 28.1 Å². The summed E-state index contributed by atoms with van der Waals surface area (Å²) in [5.74, 6) is 0.661. The molecular formula is C8H14N4OS. The van der Waals surface area contributed by atoms with E-state index in [1.165, 1.54) is 0 Å². The Morgan fingerprint density at radius 1 is 1.79 bits per heavy atom. The first-order chi connectivity index (χ1) is 6.65. The average molecular weight is 214 g/mol. The molecule has 0 spiro atoms. The molecule has 1 unspecified atom stereocenters. The molecule has 0 saturated heterocycles. The summed E-state index contributed by atoms with van der Waals surface area (Å²) < 4.78 is 1.88. The summed E-state index contributed by atoms with van der Waals surface area (Å²) in [6.45, 7) is 4.92. The molecule has 0 fully saturated rings. The number of thiol groups is 1. The van der Waals surface area contributed by atoms with Crippen molar-refractivity contribution in [1.29, 1.82) is 0 Å². The third-order valence-corrected chi connectivity index (χ3v) is 2.07. The van der Waals surface area contributed by atoms with E-state index in [1.54, 1.807) is 13.3 Å². The maximum atomic E-state index is 11.2. The first-order valence-electron chi connectivity index (χ1n) is 4.47. The van der Waals surface area contributed by atoms with E-state index in [0.29, 0.717) is 6.54 Å². The molecule has 78 valence electrons. The minimum Gasteiger partial charge on any atom is -0.348 e. The number of carbonyl (C=O) groups is 1. The lowest BCUT2D eigenvalue weighted by Gasteiger charge is -2.07. The number of hydrogen-bond donors (Lipinski definition) is 2.